The van der Waals surface area contributed by atoms with E-state index in [1.807, 2.05) is 19.3 Å². The number of likely N-dealkylation sites (tertiary alicyclic amines) is 1. The highest BCUT2D eigenvalue weighted by atomic mass is 19.1. The summed E-state index contributed by atoms with van der Waals surface area (Å²) in [6.45, 7) is 0.650. The topological polar surface area (TPSA) is 90.7 Å². The van der Waals surface area contributed by atoms with Crippen molar-refractivity contribution in [3.63, 3.8) is 0 Å². The van der Waals surface area contributed by atoms with E-state index in [9.17, 15) is 4.39 Å². The molecule has 6 nitrogen and oxygen atoms in total. The summed E-state index contributed by atoms with van der Waals surface area (Å²) >= 11 is 0. The fraction of sp³-hybridized carbons (Fsp3) is 0.462. The highest BCUT2D eigenvalue weighted by Crippen LogP contribution is 2.33. The molecular formula is C13H17FN2O4. The Morgan fingerprint density at radius 2 is 2.10 bits per heavy atom. The Morgan fingerprint density at radius 3 is 2.50 bits per heavy atom. The van der Waals surface area contributed by atoms with Gasteiger partial charge in [-0.05, 0) is 25.1 Å². The number of alkyl halides is 1. The molecule has 0 aromatic carbocycles. The van der Waals surface area contributed by atoms with Crippen molar-refractivity contribution in [2.24, 2.45) is 5.92 Å². The van der Waals surface area contributed by atoms with Crippen LogP contribution in [0.25, 0.3) is 0 Å². The van der Waals surface area contributed by atoms with Crippen LogP contribution < -0.4 is 0 Å². The number of halogens is 1. The van der Waals surface area contributed by atoms with Crippen molar-refractivity contribution in [1.29, 1.82) is 0 Å². The lowest BCUT2D eigenvalue weighted by atomic mass is 10.0. The highest BCUT2D eigenvalue weighted by molar-refractivity contribution is 6.27. The van der Waals surface area contributed by atoms with Crippen molar-refractivity contribution >= 4 is 11.9 Å². The summed E-state index contributed by atoms with van der Waals surface area (Å²) in [4.78, 5) is 24.5. The van der Waals surface area contributed by atoms with E-state index in [1.54, 1.807) is 6.20 Å². The third kappa shape index (κ3) is 4.58. The lowest BCUT2D eigenvalue weighted by molar-refractivity contribution is -0.159. The summed E-state index contributed by atoms with van der Waals surface area (Å²) in [6, 6.07) is 4.35. The highest BCUT2D eigenvalue weighted by Gasteiger charge is 2.30. The van der Waals surface area contributed by atoms with Crippen molar-refractivity contribution < 1.29 is 24.2 Å². The van der Waals surface area contributed by atoms with Gasteiger partial charge in [0.1, 0.15) is 0 Å². The smallest absolute Gasteiger partial charge is 0.414 e. The van der Waals surface area contributed by atoms with Crippen molar-refractivity contribution in [3.8, 4) is 0 Å². The number of aliphatic carboxylic acids is 2. The van der Waals surface area contributed by atoms with Gasteiger partial charge >= 0.3 is 11.9 Å². The van der Waals surface area contributed by atoms with Crippen LogP contribution in [0.2, 0.25) is 0 Å². The first-order chi connectivity index (χ1) is 9.45. The van der Waals surface area contributed by atoms with Crippen molar-refractivity contribution in [3.05, 3.63) is 30.1 Å². The summed E-state index contributed by atoms with van der Waals surface area (Å²) < 4.78 is 12.5. The first-order valence-electron chi connectivity index (χ1n) is 6.08. The van der Waals surface area contributed by atoms with Crippen molar-refractivity contribution in [1.82, 2.24) is 9.88 Å². The van der Waals surface area contributed by atoms with Gasteiger partial charge in [-0.3, -0.25) is 14.3 Å². The van der Waals surface area contributed by atoms with Gasteiger partial charge in [0.15, 0.2) is 0 Å². The first kappa shape index (κ1) is 16.0. The molecule has 2 heterocycles. The van der Waals surface area contributed by atoms with E-state index in [2.05, 4.69) is 16.0 Å². The number of hydrogen-bond acceptors (Lipinski definition) is 4. The van der Waals surface area contributed by atoms with Crippen LogP contribution in [0.1, 0.15) is 18.0 Å². The second-order valence-corrected chi connectivity index (χ2v) is 4.61. The Kier molecular flexibility index (Phi) is 6.05. The molecule has 0 amide bonds. The summed E-state index contributed by atoms with van der Waals surface area (Å²) in [5.74, 6) is -3.45. The van der Waals surface area contributed by atoms with E-state index in [1.165, 1.54) is 5.56 Å². The average molecular weight is 284 g/mol. The molecule has 7 heteroatoms. The maximum Gasteiger partial charge on any atom is 0.414 e. The molecule has 0 saturated carbocycles. The molecule has 2 N–H and O–H groups in total. The minimum absolute atomic E-state index is 0.199. The third-order valence-corrected chi connectivity index (χ3v) is 3.11. The van der Waals surface area contributed by atoms with Gasteiger partial charge < -0.3 is 10.2 Å². The molecule has 1 aromatic heterocycles. The van der Waals surface area contributed by atoms with Gasteiger partial charge in [0.25, 0.3) is 0 Å². The Bertz CT molecular complexity index is 443. The zero-order valence-electron chi connectivity index (χ0n) is 11.1. The minimum Gasteiger partial charge on any atom is -0.473 e. The Morgan fingerprint density at radius 1 is 1.45 bits per heavy atom. The molecule has 1 aromatic rings. The fourth-order valence-electron chi connectivity index (χ4n) is 2.18. The SMILES string of the molecule is CN1CC(CF)C[C@H]1c1cccnc1.O=C(O)C(=O)O. The zero-order chi connectivity index (χ0) is 15.1. The van der Waals surface area contributed by atoms with Crippen LogP contribution in [0.15, 0.2) is 24.5 Å². The van der Waals surface area contributed by atoms with E-state index in [4.69, 9.17) is 19.8 Å². The van der Waals surface area contributed by atoms with Crippen LogP contribution in [0.3, 0.4) is 0 Å². The van der Waals surface area contributed by atoms with Crippen LogP contribution in [-0.2, 0) is 9.59 Å². The number of aromatic nitrogens is 1. The molecule has 0 spiro atoms. The maximum atomic E-state index is 12.5. The fourth-order valence-corrected chi connectivity index (χ4v) is 2.18. The van der Waals surface area contributed by atoms with Crippen molar-refractivity contribution in [2.45, 2.75) is 12.5 Å². The summed E-state index contributed by atoms with van der Waals surface area (Å²) in [7, 11) is 2.05. The molecule has 1 fully saturated rings. The van der Waals surface area contributed by atoms with Gasteiger partial charge in [0.2, 0.25) is 0 Å². The molecule has 1 saturated heterocycles. The standard InChI is InChI=1S/C11H15FN2.C2H2O4/c1-14-8-9(6-12)5-11(14)10-3-2-4-13-7-10;3-1(4)2(5)6/h2-4,7,9,11H,5-6,8H2,1H3;(H,3,4)(H,5,6)/t9?,11-;/m0./s1. The molecule has 0 radical (unpaired) electrons. The molecule has 1 aliphatic rings. The number of carboxylic acids is 2. The maximum absolute atomic E-state index is 12.5. The minimum atomic E-state index is -1.82. The predicted molar refractivity (Wildman–Crippen MR) is 69.0 cm³/mol. The Hall–Kier alpha value is -2.02. The summed E-state index contributed by atoms with van der Waals surface area (Å²) in [5.41, 5.74) is 1.20. The van der Waals surface area contributed by atoms with Gasteiger partial charge in [-0.15, -0.1) is 0 Å². The van der Waals surface area contributed by atoms with Gasteiger partial charge in [-0.2, -0.15) is 0 Å². The van der Waals surface area contributed by atoms with E-state index < -0.39 is 11.9 Å². The molecule has 20 heavy (non-hydrogen) atoms. The summed E-state index contributed by atoms with van der Waals surface area (Å²) in [5, 5.41) is 14.8. The molecule has 2 rings (SSSR count). The lowest BCUT2D eigenvalue weighted by Gasteiger charge is -2.18. The number of carbonyl (C=O) groups is 2. The largest absolute Gasteiger partial charge is 0.473 e. The lowest BCUT2D eigenvalue weighted by Crippen LogP contribution is -2.18. The number of carboxylic acid groups (broad SMARTS) is 2. The Labute approximate surface area is 115 Å². The molecule has 0 aliphatic carbocycles. The van der Waals surface area contributed by atoms with Gasteiger partial charge in [0.05, 0.1) is 6.67 Å². The molecule has 2 atom stereocenters. The van der Waals surface area contributed by atoms with Gasteiger partial charge in [-0.1, -0.05) is 6.07 Å². The van der Waals surface area contributed by atoms with Crippen LogP contribution >= 0.6 is 0 Å². The number of rotatable bonds is 2. The number of hydrogen-bond donors (Lipinski definition) is 2. The van der Waals surface area contributed by atoms with Crippen LogP contribution in [-0.4, -0.2) is 52.3 Å². The van der Waals surface area contributed by atoms with E-state index in [-0.39, 0.29) is 12.6 Å². The third-order valence-electron chi connectivity index (χ3n) is 3.11. The van der Waals surface area contributed by atoms with Gasteiger partial charge in [-0.25, -0.2) is 9.59 Å². The van der Waals surface area contributed by atoms with Gasteiger partial charge in [0, 0.05) is 30.9 Å². The van der Waals surface area contributed by atoms with Crippen LogP contribution in [0.4, 0.5) is 4.39 Å². The Balaban J connectivity index is 0.000000286. The second kappa shape index (κ2) is 7.54. The average Bonchev–Trinajstić information content (AvgIpc) is 2.81. The quantitative estimate of drug-likeness (QED) is 0.793. The van der Waals surface area contributed by atoms with E-state index in [0.717, 1.165) is 13.0 Å². The second-order valence-electron chi connectivity index (χ2n) is 4.61. The van der Waals surface area contributed by atoms with E-state index >= 15 is 0 Å². The molecular weight excluding hydrogens is 267 g/mol. The predicted octanol–water partition coefficient (Wildman–Crippen LogP) is 1.20. The van der Waals surface area contributed by atoms with Crippen molar-refractivity contribution in [2.75, 3.05) is 20.3 Å². The number of pyridine rings is 1. The number of nitrogens with zero attached hydrogens (tertiary/aromatic N) is 2. The molecule has 110 valence electrons. The van der Waals surface area contributed by atoms with Crippen LogP contribution in [0.5, 0.6) is 0 Å². The molecule has 0 bridgehead atoms. The summed E-state index contributed by atoms with van der Waals surface area (Å²) in [6.07, 6.45) is 4.56. The van der Waals surface area contributed by atoms with Crippen LogP contribution in [0, 0.1) is 5.92 Å². The normalized spacial score (nSPS) is 21.9. The monoisotopic (exact) mass is 284 g/mol. The van der Waals surface area contributed by atoms with E-state index in [0.29, 0.717) is 6.04 Å². The zero-order valence-corrected chi connectivity index (χ0v) is 11.1. The molecule has 1 unspecified atom stereocenters. The molecule has 1 aliphatic heterocycles. The first-order valence-corrected chi connectivity index (χ1v) is 6.08.